The van der Waals surface area contributed by atoms with Gasteiger partial charge in [-0.3, -0.25) is 19.6 Å². The van der Waals surface area contributed by atoms with Gasteiger partial charge < -0.3 is 41.4 Å². The average Bonchev–Trinajstić information content (AvgIpc) is 3.32. The van der Waals surface area contributed by atoms with Crippen molar-refractivity contribution >= 4 is 113 Å². The van der Waals surface area contributed by atoms with Crippen LogP contribution >= 0.6 is 24.1 Å². The molecule has 0 unspecified atom stereocenters. The number of nitrogens with one attached hydrogen (secondary N) is 5. The third kappa shape index (κ3) is 12.0. The summed E-state index contributed by atoms with van der Waals surface area (Å²) >= 11 is 0.877. The molecule has 350 valence electrons. The SMILES string of the molecule is N#CCCNc1nc2ccc(Nc3cc(Nc4nc(O)nc(Nc5cc(S(=O)(=O)[O-])ccc5SOO[O-])n4)ccc3SOO[O-])c3c2c(c1C1=Nc2ccccc2S(=O)(=O)N1)-c1ccccc1C3=O.[Na+].[Na+].[Na+]. The standard InChI is InChI=1S/C41H29N11O13S4.3Na/c42-16-5-17-43-37-35(38-46-24-8-3-4-9-31(24)68(57,58)52-38)32-22-6-1-2-7-23(22)36(53)34-26(13-12-25(47-37)33(32)34)45-27-18-20(10-14-29(27)66-64-62-55)44-39-49-40(51-41(54)50-39)48-28-19-21(69(59,60)61)11-15-30(28)67-65-63-56;;;/h1-4,6-15,18-19,45,55-56H,5,17H2,(H,43,47)(H,46,52)(H,59,60,61)(H3,44,48,49,50,51,54);;;/q;3*+1/p-3. The van der Waals surface area contributed by atoms with Crippen molar-refractivity contribution in [2.45, 2.75) is 26.0 Å². The van der Waals surface area contributed by atoms with E-state index in [1.54, 1.807) is 54.6 Å². The maximum Gasteiger partial charge on any atom is 1.00 e. The van der Waals surface area contributed by atoms with Crippen LogP contribution in [0.1, 0.15) is 27.9 Å². The van der Waals surface area contributed by atoms with Gasteiger partial charge in [-0.1, -0.05) is 36.4 Å². The zero-order valence-electron chi connectivity index (χ0n) is 37.3. The molecule has 72 heavy (non-hydrogen) atoms. The van der Waals surface area contributed by atoms with Crippen LogP contribution in [0.5, 0.6) is 6.01 Å². The molecule has 0 fully saturated rings. The number of aliphatic imine (C=N–C) groups is 1. The van der Waals surface area contributed by atoms with Crippen molar-refractivity contribution < 1.29 is 149 Å². The van der Waals surface area contributed by atoms with Gasteiger partial charge in [0.25, 0.3) is 10.0 Å². The first-order valence-corrected chi connectivity index (χ1v) is 23.9. The third-order valence-electron chi connectivity index (χ3n) is 10.1. The number of hydrogen-bond acceptors (Lipinski definition) is 25. The number of aromatic nitrogens is 4. The van der Waals surface area contributed by atoms with Crippen molar-refractivity contribution in [2.24, 2.45) is 4.99 Å². The molecule has 3 heterocycles. The van der Waals surface area contributed by atoms with Gasteiger partial charge in [0.05, 0.1) is 90.7 Å². The minimum atomic E-state index is -4.95. The number of aromatic hydroxyl groups is 1. The van der Waals surface area contributed by atoms with Crippen LogP contribution < -0.4 is 125 Å². The molecule has 2 aromatic heterocycles. The Balaban J connectivity index is 0.00000282. The third-order valence-corrected chi connectivity index (χ3v) is 13.7. The molecule has 1 aliphatic heterocycles. The molecule has 7 aromatic rings. The number of amidine groups is 1. The predicted octanol–water partition coefficient (Wildman–Crippen LogP) is -4.36. The van der Waals surface area contributed by atoms with Gasteiger partial charge in [0.2, 0.25) is 11.9 Å². The molecule has 0 saturated heterocycles. The number of para-hydroxylation sites is 1. The maximum atomic E-state index is 14.8. The summed E-state index contributed by atoms with van der Waals surface area (Å²) < 4.78 is 74.4. The number of rotatable bonds is 17. The second-order valence-electron chi connectivity index (χ2n) is 14.3. The Morgan fingerprint density at radius 2 is 1.40 bits per heavy atom. The summed E-state index contributed by atoms with van der Waals surface area (Å²) in [6, 6.07) is 24.9. The maximum absolute atomic E-state index is 14.8. The summed E-state index contributed by atoms with van der Waals surface area (Å²) in [5, 5.41) is 60.7. The average molecular weight is 1080 g/mol. The summed E-state index contributed by atoms with van der Waals surface area (Å²) in [4.78, 5) is 35.9. The van der Waals surface area contributed by atoms with E-state index in [-0.39, 0.29) is 185 Å². The number of pyridine rings is 1. The fourth-order valence-corrected chi connectivity index (χ4v) is 9.90. The number of benzene rings is 5. The summed E-state index contributed by atoms with van der Waals surface area (Å²) in [5.74, 6) is -0.997. The van der Waals surface area contributed by atoms with Gasteiger partial charge in [-0.05, 0) is 66.2 Å². The molecule has 0 atom stereocenters. The molecular weight excluding hydrogens is 1050 g/mol. The summed E-state index contributed by atoms with van der Waals surface area (Å²) in [7, 11) is -9.11. The van der Waals surface area contributed by atoms with Crippen LogP contribution in [-0.2, 0) is 38.9 Å². The van der Waals surface area contributed by atoms with Crippen LogP contribution in [-0.4, -0.2) is 64.6 Å². The Bertz CT molecular complexity index is 3560. The number of nitrogens with zero attached hydrogens (tertiary/aromatic N) is 6. The van der Waals surface area contributed by atoms with E-state index < -0.39 is 36.8 Å². The van der Waals surface area contributed by atoms with Crippen molar-refractivity contribution in [2.75, 3.05) is 27.8 Å². The van der Waals surface area contributed by atoms with E-state index in [1.165, 1.54) is 24.3 Å². The molecule has 31 heteroatoms. The zero-order chi connectivity index (χ0) is 48.5. The van der Waals surface area contributed by atoms with Gasteiger partial charge in [0.1, 0.15) is 20.8 Å². The van der Waals surface area contributed by atoms with Gasteiger partial charge in [-0.25, -0.2) is 26.8 Å². The van der Waals surface area contributed by atoms with Gasteiger partial charge in [-0.15, -0.1) is 0 Å². The first kappa shape index (κ1) is 56.8. The van der Waals surface area contributed by atoms with E-state index in [0.717, 1.165) is 18.2 Å². The van der Waals surface area contributed by atoms with Crippen molar-refractivity contribution in [1.29, 1.82) is 5.26 Å². The first-order valence-electron chi connectivity index (χ1n) is 19.5. The van der Waals surface area contributed by atoms with Crippen LogP contribution in [0.4, 0.5) is 46.2 Å². The minimum absolute atomic E-state index is 0. The number of fused-ring (bicyclic) bond motifs is 3. The van der Waals surface area contributed by atoms with Crippen molar-refractivity contribution in [1.82, 2.24) is 24.7 Å². The Morgan fingerprint density at radius 3 is 2.10 bits per heavy atom. The molecule has 24 nitrogen and oxygen atoms in total. The number of hydrogen-bond donors (Lipinski definition) is 6. The Labute approximate surface area is 482 Å². The molecule has 9 rings (SSSR count). The van der Waals surface area contributed by atoms with E-state index in [9.17, 15) is 47.1 Å². The summed E-state index contributed by atoms with van der Waals surface area (Å²) in [5.41, 5.74) is 2.39. The normalized spacial score (nSPS) is 12.8. The van der Waals surface area contributed by atoms with E-state index in [2.05, 4.69) is 65.8 Å². The van der Waals surface area contributed by atoms with E-state index in [4.69, 9.17) is 9.98 Å². The first-order chi connectivity index (χ1) is 33.3. The fraction of sp³-hybridized carbons (Fsp3) is 0.0488. The van der Waals surface area contributed by atoms with Crippen molar-refractivity contribution in [3.63, 3.8) is 0 Å². The van der Waals surface area contributed by atoms with Crippen LogP contribution in [0, 0.1) is 11.3 Å². The summed E-state index contributed by atoms with van der Waals surface area (Å²) in [6.45, 7) is 0.130. The van der Waals surface area contributed by atoms with Crippen LogP contribution in [0.2, 0.25) is 0 Å². The fourth-order valence-electron chi connectivity index (χ4n) is 7.39. The molecule has 5 aromatic carbocycles. The molecular formula is C41H26N11Na3O13S4. The van der Waals surface area contributed by atoms with Crippen LogP contribution in [0.25, 0.3) is 22.0 Å². The van der Waals surface area contributed by atoms with E-state index in [0.29, 0.717) is 46.1 Å². The molecule has 0 amide bonds. The molecule has 1 aliphatic carbocycles. The molecule has 2 aliphatic rings. The molecule has 0 bridgehead atoms. The Hall–Kier alpha value is -4.53. The van der Waals surface area contributed by atoms with Crippen LogP contribution in [0.15, 0.2) is 122 Å². The van der Waals surface area contributed by atoms with Gasteiger partial charge in [0.15, 0.2) is 11.6 Å². The molecule has 0 saturated carbocycles. The Morgan fingerprint density at radius 1 is 0.750 bits per heavy atom. The number of carbonyl (C=O) groups excluding carboxylic acids is 1. The largest absolute Gasteiger partial charge is 1.00 e. The topological polar surface area (TPSA) is 360 Å². The number of ketones is 1. The second-order valence-corrected chi connectivity index (χ2v) is 18.8. The number of anilines is 7. The van der Waals surface area contributed by atoms with Crippen LogP contribution in [0.3, 0.4) is 0 Å². The molecule has 0 spiro atoms. The molecule has 6 N–H and O–H groups in total. The van der Waals surface area contributed by atoms with Gasteiger partial charge in [-0.2, -0.15) is 28.9 Å². The second kappa shape index (κ2) is 24.2. The number of nitriles is 1. The van der Waals surface area contributed by atoms with E-state index >= 15 is 0 Å². The Kier molecular flexibility index (Phi) is 19.1. The monoisotopic (exact) mass is 1080 g/mol. The zero-order valence-corrected chi connectivity index (χ0v) is 46.6. The summed E-state index contributed by atoms with van der Waals surface area (Å²) in [6.07, 6.45) is 0.0727. The number of sulfonamides is 1. The molecule has 0 radical (unpaired) electrons. The van der Waals surface area contributed by atoms with Gasteiger partial charge >= 0.3 is 94.7 Å². The van der Waals surface area contributed by atoms with E-state index in [1.807, 2.05) is 0 Å². The predicted molar refractivity (Wildman–Crippen MR) is 241 cm³/mol. The quantitative estimate of drug-likeness (QED) is 0.0125. The number of carbonyl (C=O) groups is 1. The minimum Gasteiger partial charge on any atom is -0.744 e. The van der Waals surface area contributed by atoms with Gasteiger partial charge in [0, 0.05) is 28.7 Å². The van der Waals surface area contributed by atoms with Crippen molar-refractivity contribution in [3.05, 3.63) is 114 Å². The smallest absolute Gasteiger partial charge is 0.744 e. The van der Waals surface area contributed by atoms with Crippen molar-refractivity contribution in [3.8, 4) is 23.2 Å².